The Morgan fingerprint density at radius 1 is 1.00 bits per heavy atom. The van der Waals surface area contributed by atoms with E-state index in [9.17, 15) is 13.2 Å². The summed E-state index contributed by atoms with van der Waals surface area (Å²) in [5.74, 6) is 0.124. The molecule has 3 aliphatic heterocycles. The summed E-state index contributed by atoms with van der Waals surface area (Å²) in [6, 6.07) is 18.8. The number of likely N-dealkylation sites (tertiary alicyclic amines) is 1. The Balaban J connectivity index is 1.20. The van der Waals surface area contributed by atoms with Gasteiger partial charge in [0.05, 0.1) is 33.9 Å². The molecule has 43 heavy (non-hydrogen) atoms. The predicted molar refractivity (Wildman–Crippen MR) is 172 cm³/mol. The molecule has 3 aromatic rings. The first-order valence-corrected chi connectivity index (χ1v) is 18.0. The highest BCUT2D eigenvalue weighted by Crippen LogP contribution is 2.42. The Morgan fingerprint density at radius 2 is 1.72 bits per heavy atom. The molecule has 4 atom stereocenters. The second kappa shape index (κ2) is 12.5. The molecular formula is C32H39ClN4O4S2. The van der Waals surface area contributed by atoms with Crippen molar-refractivity contribution in [2.24, 2.45) is 0 Å². The number of benzene rings is 2. The first kappa shape index (κ1) is 30.6. The van der Waals surface area contributed by atoms with Crippen LogP contribution in [0, 0.1) is 0 Å². The molecule has 0 saturated carbocycles. The number of morpholine rings is 1. The number of rotatable bonds is 6. The maximum atomic E-state index is 13.9. The van der Waals surface area contributed by atoms with E-state index in [1.807, 2.05) is 46.3 Å². The van der Waals surface area contributed by atoms with Gasteiger partial charge in [0.15, 0.2) is 9.84 Å². The fraction of sp³-hybridized carbons (Fsp3) is 0.469. The van der Waals surface area contributed by atoms with Gasteiger partial charge in [-0.05, 0) is 68.7 Å². The minimum atomic E-state index is -3.31. The second-order valence-corrected chi connectivity index (χ2v) is 15.6. The van der Waals surface area contributed by atoms with Gasteiger partial charge in [-0.15, -0.1) is 11.3 Å². The van der Waals surface area contributed by atoms with Crippen molar-refractivity contribution < 1.29 is 17.9 Å². The van der Waals surface area contributed by atoms with E-state index in [0.717, 1.165) is 60.0 Å². The number of hydrogen-bond acceptors (Lipinski definition) is 8. The summed E-state index contributed by atoms with van der Waals surface area (Å²) >= 11 is 8.27. The minimum Gasteiger partial charge on any atom is -0.373 e. The van der Waals surface area contributed by atoms with Crippen molar-refractivity contribution in [1.82, 2.24) is 15.2 Å². The van der Waals surface area contributed by atoms with E-state index < -0.39 is 9.84 Å². The highest BCUT2D eigenvalue weighted by molar-refractivity contribution is 7.90. The summed E-state index contributed by atoms with van der Waals surface area (Å²) in [5, 5.41) is 2.65. The summed E-state index contributed by atoms with van der Waals surface area (Å²) in [6.45, 7) is 7.66. The van der Waals surface area contributed by atoms with Crippen molar-refractivity contribution in [3.63, 3.8) is 0 Å². The topological polar surface area (TPSA) is 82.2 Å². The van der Waals surface area contributed by atoms with Crippen molar-refractivity contribution in [2.45, 2.75) is 68.3 Å². The number of hydrogen-bond donors (Lipinski definition) is 1. The lowest BCUT2D eigenvalue weighted by atomic mass is 9.99. The molecule has 11 heteroatoms. The standard InChI is InChI=1S/C32H39ClN4O4S2/c1-21-19-36(20-22(2)41-21)24-13-15-35(16-14-24)32(38)27-18-29(37(34-27)28-10-5-4-9-26(28)33)31-12-11-30(42-31)23-7-6-8-25(17-23)43(3,39)40/h4-12,17,21-22,24,27,29,34H,13-16,18-20H2,1-3H3/t21-,22+,27?,29?. The molecule has 3 aliphatic rings. The molecule has 3 saturated heterocycles. The molecule has 6 rings (SSSR count). The average Bonchev–Trinajstić information content (AvgIpc) is 3.64. The second-order valence-electron chi connectivity index (χ2n) is 12.0. The number of amides is 1. The summed E-state index contributed by atoms with van der Waals surface area (Å²) in [7, 11) is -3.31. The van der Waals surface area contributed by atoms with E-state index in [-0.39, 0.29) is 30.2 Å². The average molecular weight is 643 g/mol. The molecular weight excluding hydrogens is 604 g/mol. The maximum absolute atomic E-state index is 13.9. The molecule has 0 bridgehead atoms. The molecule has 1 N–H and O–H groups in total. The first-order chi connectivity index (χ1) is 20.6. The van der Waals surface area contributed by atoms with E-state index in [2.05, 4.69) is 30.2 Å². The largest absolute Gasteiger partial charge is 0.373 e. The van der Waals surface area contributed by atoms with E-state index in [1.165, 1.54) is 6.26 Å². The SMILES string of the molecule is C[C@@H]1CN(C2CCN(C(=O)C3CC(c4ccc(-c5cccc(S(C)(=O)=O)c5)s4)N(c4ccccc4Cl)N3)CC2)C[C@H](C)O1. The molecule has 2 unspecified atom stereocenters. The third-order valence-corrected chi connectivity index (χ3v) is 11.4. The van der Waals surface area contributed by atoms with Crippen LogP contribution in [-0.2, 0) is 19.4 Å². The van der Waals surface area contributed by atoms with Crippen molar-refractivity contribution >= 4 is 44.4 Å². The number of carbonyl (C=O) groups excluding carboxylic acids is 1. The van der Waals surface area contributed by atoms with Crippen molar-refractivity contribution in [3.05, 3.63) is 70.6 Å². The van der Waals surface area contributed by atoms with E-state index in [0.29, 0.717) is 22.4 Å². The van der Waals surface area contributed by atoms with Gasteiger partial charge in [-0.2, -0.15) is 0 Å². The van der Waals surface area contributed by atoms with Gasteiger partial charge in [-0.25, -0.2) is 13.8 Å². The van der Waals surface area contributed by atoms with Crippen molar-refractivity contribution in [1.29, 1.82) is 0 Å². The molecule has 1 aromatic heterocycles. The van der Waals surface area contributed by atoms with Crippen LogP contribution < -0.4 is 10.4 Å². The van der Waals surface area contributed by atoms with Gasteiger partial charge < -0.3 is 9.64 Å². The van der Waals surface area contributed by atoms with Crippen LogP contribution in [0.1, 0.15) is 44.0 Å². The van der Waals surface area contributed by atoms with Crippen LogP contribution in [0.2, 0.25) is 5.02 Å². The van der Waals surface area contributed by atoms with Crippen molar-refractivity contribution in [3.8, 4) is 10.4 Å². The third kappa shape index (κ3) is 6.65. The highest BCUT2D eigenvalue weighted by atomic mass is 35.5. The Hall–Kier alpha value is -2.47. The third-order valence-electron chi connectivity index (χ3n) is 8.72. The van der Waals surface area contributed by atoms with Crippen molar-refractivity contribution in [2.75, 3.05) is 37.4 Å². The maximum Gasteiger partial charge on any atom is 0.241 e. The number of hydrazine groups is 1. The molecule has 0 aliphatic carbocycles. The molecule has 0 spiro atoms. The Bertz CT molecular complexity index is 1560. The summed E-state index contributed by atoms with van der Waals surface area (Å²) in [6.07, 6.45) is 4.24. The van der Waals surface area contributed by atoms with Gasteiger partial charge in [0.2, 0.25) is 5.91 Å². The summed E-state index contributed by atoms with van der Waals surface area (Å²) in [5.41, 5.74) is 5.20. The van der Waals surface area contributed by atoms with Gasteiger partial charge >= 0.3 is 0 Å². The lowest BCUT2D eigenvalue weighted by Crippen LogP contribution is -2.55. The number of anilines is 1. The van der Waals surface area contributed by atoms with Gasteiger partial charge in [0.25, 0.3) is 0 Å². The zero-order valence-electron chi connectivity index (χ0n) is 24.8. The Morgan fingerprint density at radius 3 is 2.42 bits per heavy atom. The van der Waals surface area contributed by atoms with Gasteiger partial charge in [0, 0.05) is 54.7 Å². The Labute approximate surface area is 263 Å². The molecule has 1 amide bonds. The molecule has 230 valence electrons. The number of piperidine rings is 1. The minimum absolute atomic E-state index is 0.112. The van der Waals surface area contributed by atoms with Crippen LogP contribution in [0.4, 0.5) is 5.69 Å². The van der Waals surface area contributed by atoms with Crippen LogP contribution in [0.25, 0.3) is 10.4 Å². The zero-order valence-corrected chi connectivity index (χ0v) is 27.2. The number of nitrogens with one attached hydrogen (secondary N) is 1. The van der Waals surface area contributed by atoms with E-state index >= 15 is 0 Å². The summed E-state index contributed by atoms with van der Waals surface area (Å²) < 4.78 is 30.2. The number of halogens is 1. The van der Waals surface area contributed by atoms with E-state index in [1.54, 1.807) is 29.5 Å². The monoisotopic (exact) mass is 642 g/mol. The van der Waals surface area contributed by atoms with Gasteiger partial charge in [-0.3, -0.25) is 14.7 Å². The molecule has 8 nitrogen and oxygen atoms in total. The van der Waals surface area contributed by atoms with Gasteiger partial charge in [0.1, 0.15) is 6.04 Å². The van der Waals surface area contributed by atoms with Gasteiger partial charge in [-0.1, -0.05) is 35.9 Å². The first-order valence-electron chi connectivity index (χ1n) is 15.0. The van der Waals surface area contributed by atoms with Crippen LogP contribution in [-0.4, -0.2) is 80.9 Å². The van der Waals surface area contributed by atoms with E-state index in [4.69, 9.17) is 16.3 Å². The normalized spacial score (nSPS) is 25.8. The predicted octanol–water partition coefficient (Wildman–Crippen LogP) is 5.40. The highest BCUT2D eigenvalue weighted by Gasteiger charge is 2.41. The number of carbonyl (C=O) groups is 1. The number of sulfone groups is 1. The molecule has 2 aromatic carbocycles. The van der Waals surface area contributed by atoms with Crippen LogP contribution in [0.15, 0.2) is 65.6 Å². The smallest absolute Gasteiger partial charge is 0.241 e. The molecule has 3 fully saturated rings. The number of ether oxygens (including phenoxy) is 1. The lowest BCUT2D eigenvalue weighted by molar-refractivity contribution is -0.136. The molecule has 4 heterocycles. The lowest BCUT2D eigenvalue weighted by Gasteiger charge is -2.43. The van der Waals surface area contributed by atoms with Crippen LogP contribution in [0.5, 0.6) is 0 Å². The fourth-order valence-electron chi connectivity index (χ4n) is 6.68. The zero-order chi connectivity index (χ0) is 30.3. The van der Waals surface area contributed by atoms with Crippen LogP contribution >= 0.6 is 22.9 Å². The van der Waals surface area contributed by atoms with Crippen LogP contribution in [0.3, 0.4) is 0 Å². The number of para-hydroxylation sites is 1. The Kier molecular flexibility index (Phi) is 8.88. The number of thiophene rings is 1. The quantitative estimate of drug-likeness (QED) is 0.386. The summed E-state index contributed by atoms with van der Waals surface area (Å²) in [4.78, 5) is 20.8. The fourth-order valence-corrected chi connectivity index (χ4v) is 8.68. The molecule has 0 radical (unpaired) electrons. The number of nitrogens with zero attached hydrogens (tertiary/aromatic N) is 3.